The second kappa shape index (κ2) is 5.02. The lowest BCUT2D eigenvalue weighted by Crippen LogP contribution is -2.35. The summed E-state index contributed by atoms with van der Waals surface area (Å²) in [4.78, 5) is 3.92. The summed E-state index contributed by atoms with van der Waals surface area (Å²) in [5.41, 5.74) is 0. The molecule has 0 radical (unpaired) electrons. The quantitative estimate of drug-likeness (QED) is 0.746. The van der Waals surface area contributed by atoms with E-state index in [2.05, 4.69) is 18.8 Å². The first-order chi connectivity index (χ1) is 7.63. The lowest BCUT2D eigenvalue weighted by molar-refractivity contribution is -0.0721. The molecule has 1 aromatic heterocycles. The summed E-state index contributed by atoms with van der Waals surface area (Å²) in [7, 11) is 0. The van der Waals surface area contributed by atoms with Crippen LogP contribution in [0.4, 0.5) is 0 Å². The molecule has 0 saturated carbocycles. The van der Waals surface area contributed by atoms with Crippen LogP contribution in [0.15, 0.2) is 18.3 Å². The van der Waals surface area contributed by atoms with E-state index in [1.165, 1.54) is 0 Å². The van der Waals surface area contributed by atoms with Gasteiger partial charge in [-0.1, -0.05) is 11.6 Å². The fourth-order valence-corrected chi connectivity index (χ4v) is 2.25. The van der Waals surface area contributed by atoms with E-state index in [-0.39, 0.29) is 18.3 Å². The van der Waals surface area contributed by atoms with Crippen LogP contribution in [0.2, 0.25) is 5.15 Å². The van der Waals surface area contributed by atoms with Gasteiger partial charge in [-0.05, 0) is 19.9 Å². The summed E-state index contributed by atoms with van der Waals surface area (Å²) < 4.78 is 11.5. The van der Waals surface area contributed by atoms with Crippen LogP contribution in [0.1, 0.15) is 26.7 Å². The predicted molar refractivity (Wildman–Crippen MR) is 62.9 cm³/mol. The summed E-state index contributed by atoms with van der Waals surface area (Å²) in [5, 5.41) is 0.464. The van der Waals surface area contributed by atoms with Crippen molar-refractivity contribution in [2.45, 2.75) is 45.0 Å². The molecule has 1 aromatic rings. The summed E-state index contributed by atoms with van der Waals surface area (Å²) in [6.07, 6.45) is 4.22. The highest BCUT2D eigenvalue weighted by Crippen LogP contribution is 2.24. The molecule has 2 rings (SSSR count). The summed E-state index contributed by atoms with van der Waals surface area (Å²) in [6.45, 7) is 4.15. The maximum absolute atomic E-state index is 5.87. The Morgan fingerprint density at radius 3 is 2.69 bits per heavy atom. The Labute approximate surface area is 101 Å². The van der Waals surface area contributed by atoms with Crippen molar-refractivity contribution in [1.29, 1.82) is 0 Å². The molecule has 1 fully saturated rings. The highest BCUT2D eigenvalue weighted by atomic mass is 35.5. The molecular weight excluding hydrogens is 226 g/mol. The van der Waals surface area contributed by atoms with Gasteiger partial charge in [0.2, 0.25) is 0 Å². The monoisotopic (exact) mass is 241 g/mol. The van der Waals surface area contributed by atoms with Crippen molar-refractivity contribution in [3.63, 3.8) is 0 Å². The second-order valence-corrected chi connectivity index (χ2v) is 4.67. The average Bonchev–Trinajstić information content (AvgIpc) is 2.15. The number of nitrogens with zero attached hydrogens (tertiary/aromatic N) is 1. The molecule has 4 heteroatoms. The van der Waals surface area contributed by atoms with E-state index in [1.807, 2.05) is 6.07 Å². The minimum absolute atomic E-state index is 0.206. The Hall–Kier alpha value is -0.800. The van der Waals surface area contributed by atoms with Crippen molar-refractivity contribution in [3.8, 4) is 5.75 Å². The van der Waals surface area contributed by atoms with Crippen molar-refractivity contribution in [3.05, 3.63) is 23.5 Å². The second-order valence-electron chi connectivity index (χ2n) is 4.28. The lowest BCUT2D eigenvalue weighted by Gasteiger charge is -2.32. The van der Waals surface area contributed by atoms with Crippen LogP contribution < -0.4 is 4.74 Å². The first-order valence-electron chi connectivity index (χ1n) is 5.57. The van der Waals surface area contributed by atoms with Crippen molar-refractivity contribution in [2.75, 3.05) is 0 Å². The third-order valence-electron chi connectivity index (χ3n) is 2.66. The van der Waals surface area contributed by atoms with Gasteiger partial charge in [0.25, 0.3) is 0 Å². The molecule has 0 spiro atoms. The zero-order valence-electron chi connectivity index (χ0n) is 9.52. The highest BCUT2D eigenvalue weighted by Gasteiger charge is 2.25. The van der Waals surface area contributed by atoms with E-state index in [1.54, 1.807) is 12.3 Å². The average molecular weight is 242 g/mol. The molecule has 1 aliphatic heterocycles. The molecule has 2 unspecified atom stereocenters. The van der Waals surface area contributed by atoms with Gasteiger partial charge in [-0.2, -0.15) is 0 Å². The first-order valence-corrected chi connectivity index (χ1v) is 5.95. The summed E-state index contributed by atoms with van der Waals surface area (Å²) >= 11 is 5.80. The van der Waals surface area contributed by atoms with Gasteiger partial charge >= 0.3 is 0 Å². The molecule has 1 aliphatic rings. The first kappa shape index (κ1) is 11.7. The number of rotatable bonds is 2. The Balaban J connectivity index is 1.98. The Morgan fingerprint density at radius 2 is 2.06 bits per heavy atom. The van der Waals surface area contributed by atoms with Gasteiger partial charge in [-0.25, -0.2) is 4.98 Å². The van der Waals surface area contributed by atoms with Gasteiger partial charge in [0.05, 0.1) is 12.2 Å². The van der Waals surface area contributed by atoms with Crippen LogP contribution in [0, 0.1) is 0 Å². The molecule has 88 valence electrons. The van der Waals surface area contributed by atoms with E-state index in [4.69, 9.17) is 21.1 Å². The molecule has 0 N–H and O–H groups in total. The Bertz CT molecular complexity index is 349. The minimum Gasteiger partial charge on any atom is -0.490 e. The fraction of sp³-hybridized carbons (Fsp3) is 0.583. The number of pyridine rings is 1. The number of ether oxygens (including phenoxy) is 2. The van der Waals surface area contributed by atoms with Crippen molar-refractivity contribution >= 4 is 11.6 Å². The van der Waals surface area contributed by atoms with Crippen LogP contribution in [-0.4, -0.2) is 23.3 Å². The van der Waals surface area contributed by atoms with Gasteiger partial charge in [-0.3, -0.25) is 0 Å². The van der Waals surface area contributed by atoms with E-state index in [0.717, 1.165) is 18.6 Å². The molecule has 16 heavy (non-hydrogen) atoms. The molecule has 0 aromatic carbocycles. The smallest absolute Gasteiger partial charge is 0.132 e. The maximum atomic E-state index is 5.87. The van der Waals surface area contributed by atoms with Crippen LogP contribution in [0.5, 0.6) is 5.75 Å². The maximum Gasteiger partial charge on any atom is 0.132 e. The highest BCUT2D eigenvalue weighted by molar-refractivity contribution is 6.29. The van der Waals surface area contributed by atoms with Crippen molar-refractivity contribution < 1.29 is 9.47 Å². The standard InChI is InChI=1S/C12H16ClNO2/c1-8-5-11(6-9(2)15-8)16-10-3-4-14-12(13)7-10/h3-4,7-9,11H,5-6H2,1-2H3. The number of halogens is 1. The van der Waals surface area contributed by atoms with E-state index >= 15 is 0 Å². The molecule has 3 nitrogen and oxygen atoms in total. The van der Waals surface area contributed by atoms with Gasteiger partial charge in [0.15, 0.2) is 0 Å². The largest absolute Gasteiger partial charge is 0.490 e. The molecule has 0 aliphatic carbocycles. The van der Waals surface area contributed by atoms with Gasteiger partial charge < -0.3 is 9.47 Å². The molecule has 0 amide bonds. The lowest BCUT2D eigenvalue weighted by atomic mass is 10.0. The number of hydrogen-bond donors (Lipinski definition) is 0. The van der Waals surface area contributed by atoms with Crippen molar-refractivity contribution in [1.82, 2.24) is 4.98 Å². The molecule has 2 heterocycles. The van der Waals surface area contributed by atoms with Gasteiger partial charge in [0.1, 0.15) is 17.0 Å². The number of hydrogen-bond acceptors (Lipinski definition) is 3. The van der Waals surface area contributed by atoms with E-state index < -0.39 is 0 Å². The zero-order valence-corrected chi connectivity index (χ0v) is 10.3. The topological polar surface area (TPSA) is 31.4 Å². The third-order valence-corrected chi connectivity index (χ3v) is 2.86. The zero-order chi connectivity index (χ0) is 11.5. The van der Waals surface area contributed by atoms with Gasteiger partial charge in [-0.15, -0.1) is 0 Å². The van der Waals surface area contributed by atoms with Crippen LogP contribution >= 0.6 is 11.6 Å². The molecule has 1 saturated heterocycles. The van der Waals surface area contributed by atoms with E-state index in [0.29, 0.717) is 5.15 Å². The SMILES string of the molecule is CC1CC(Oc2ccnc(Cl)c2)CC(C)O1. The fourth-order valence-electron chi connectivity index (χ4n) is 2.09. The molecular formula is C12H16ClNO2. The van der Waals surface area contributed by atoms with Crippen LogP contribution in [-0.2, 0) is 4.74 Å². The third kappa shape index (κ3) is 3.09. The number of aromatic nitrogens is 1. The Kier molecular flexibility index (Phi) is 3.66. The molecule has 2 atom stereocenters. The van der Waals surface area contributed by atoms with Crippen molar-refractivity contribution in [2.24, 2.45) is 0 Å². The van der Waals surface area contributed by atoms with Gasteiger partial charge in [0, 0.05) is 25.1 Å². The summed E-state index contributed by atoms with van der Waals surface area (Å²) in [5.74, 6) is 0.784. The normalized spacial score (nSPS) is 30.1. The van der Waals surface area contributed by atoms with Crippen LogP contribution in [0.3, 0.4) is 0 Å². The minimum atomic E-state index is 0.206. The van der Waals surface area contributed by atoms with E-state index in [9.17, 15) is 0 Å². The molecule has 0 bridgehead atoms. The predicted octanol–water partition coefficient (Wildman–Crippen LogP) is 3.07. The Morgan fingerprint density at radius 1 is 1.38 bits per heavy atom. The van der Waals surface area contributed by atoms with Crippen LogP contribution in [0.25, 0.3) is 0 Å². The summed E-state index contributed by atoms with van der Waals surface area (Å²) in [6, 6.07) is 3.57.